The monoisotopic (exact) mass is 604 g/mol. The zero-order chi connectivity index (χ0) is 30.8. The SMILES string of the molecule is C[C@@H]1C[C@@]2(C)[C@@H](CC[C@@H]3[C@@H]2CC[C@]2(C)[C@@H](O)CC[C@@H]32)C/C1=N/N=C1\C[C@@H]2CC[C@@H]3[C@H](CC[C@]4(C)[C@@H](O)CC[C@@H]34)[C@@]2(C)C[C@H]1C. The van der Waals surface area contributed by atoms with Gasteiger partial charge in [0.1, 0.15) is 0 Å². The smallest absolute Gasteiger partial charge is 0.0596 e. The summed E-state index contributed by atoms with van der Waals surface area (Å²) < 4.78 is 0. The molecule has 16 atom stereocenters. The summed E-state index contributed by atoms with van der Waals surface area (Å²) in [4.78, 5) is 0. The van der Waals surface area contributed by atoms with Gasteiger partial charge < -0.3 is 10.2 Å². The second kappa shape index (κ2) is 10.4. The molecule has 8 saturated carbocycles. The lowest BCUT2D eigenvalue weighted by atomic mass is 9.44. The molecule has 0 amide bonds. The first kappa shape index (κ1) is 30.6. The van der Waals surface area contributed by atoms with Crippen LogP contribution < -0.4 is 0 Å². The van der Waals surface area contributed by atoms with Crippen LogP contribution in [0.4, 0.5) is 0 Å². The van der Waals surface area contributed by atoms with Crippen LogP contribution in [0.2, 0.25) is 0 Å². The lowest BCUT2D eigenvalue weighted by Crippen LogP contribution is -2.55. The van der Waals surface area contributed by atoms with Crippen LogP contribution in [0.1, 0.15) is 144 Å². The Bertz CT molecular complexity index is 1120. The topological polar surface area (TPSA) is 65.2 Å². The average Bonchev–Trinajstić information content (AvgIpc) is 3.46. The number of nitrogens with zero attached hydrogens (tertiary/aromatic N) is 2. The first-order chi connectivity index (χ1) is 20.9. The van der Waals surface area contributed by atoms with Crippen molar-refractivity contribution in [2.75, 3.05) is 0 Å². The molecule has 0 saturated heterocycles. The Morgan fingerprint density at radius 1 is 0.500 bits per heavy atom. The van der Waals surface area contributed by atoms with E-state index in [9.17, 15) is 10.2 Å². The molecule has 8 aliphatic carbocycles. The lowest BCUT2D eigenvalue weighted by Gasteiger charge is -2.61. The van der Waals surface area contributed by atoms with Crippen LogP contribution in [0, 0.1) is 80.8 Å². The van der Waals surface area contributed by atoms with Crippen LogP contribution in [-0.4, -0.2) is 33.8 Å². The molecule has 0 heterocycles. The fourth-order valence-electron chi connectivity index (χ4n) is 15.2. The highest BCUT2D eigenvalue weighted by Gasteiger charge is 2.62. The molecular weight excluding hydrogens is 540 g/mol. The van der Waals surface area contributed by atoms with E-state index in [1.165, 1.54) is 88.5 Å². The molecule has 0 aromatic carbocycles. The van der Waals surface area contributed by atoms with Crippen LogP contribution in [0.3, 0.4) is 0 Å². The summed E-state index contributed by atoms with van der Waals surface area (Å²) in [5.41, 5.74) is 3.99. The third-order valence-corrected chi connectivity index (χ3v) is 17.9. The summed E-state index contributed by atoms with van der Waals surface area (Å²) in [6.07, 6.45) is 19.8. The largest absolute Gasteiger partial charge is 0.393 e. The molecule has 0 radical (unpaired) electrons. The second-order valence-corrected chi connectivity index (χ2v) is 19.4. The Kier molecular flexibility index (Phi) is 7.21. The van der Waals surface area contributed by atoms with Crippen molar-refractivity contribution >= 4 is 11.4 Å². The molecule has 8 rings (SSSR count). The highest BCUT2D eigenvalue weighted by atomic mass is 16.3. The van der Waals surface area contributed by atoms with E-state index in [4.69, 9.17) is 10.2 Å². The van der Waals surface area contributed by atoms with Crippen molar-refractivity contribution < 1.29 is 10.2 Å². The molecule has 4 nitrogen and oxygen atoms in total. The fourth-order valence-corrected chi connectivity index (χ4v) is 15.2. The minimum absolute atomic E-state index is 0.0722. The van der Waals surface area contributed by atoms with Gasteiger partial charge in [-0.25, -0.2) is 0 Å². The van der Waals surface area contributed by atoms with E-state index in [0.29, 0.717) is 22.7 Å². The summed E-state index contributed by atoms with van der Waals surface area (Å²) in [5, 5.41) is 32.1. The maximum absolute atomic E-state index is 10.9. The van der Waals surface area contributed by atoms with E-state index < -0.39 is 0 Å². The first-order valence-corrected chi connectivity index (χ1v) is 19.4. The highest BCUT2D eigenvalue weighted by molar-refractivity contribution is 5.91. The van der Waals surface area contributed by atoms with E-state index in [1.54, 1.807) is 0 Å². The Balaban J connectivity index is 0.970. The number of hydrogen-bond donors (Lipinski definition) is 2. The van der Waals surface area contributed by atoms with Gasteiger partial charge in [-0.3, -0.25) is 0 Å². The third kappa shape index (κ3) is 4.20. The Morgan fingerprint density at radius 3 is 1.30 bits per heavy atom. The molecule has 0 spiro atoms. The summed E-state index contributed by atoms with van der Waals surface area (Å²) in [6, 6.07) is 0. The van der Waals surface area contributed by atoms with Gasteiger partial charge in [0, 0.05) is 11.4 Å². The van der Waals surface area contributed by atoms with E-state index in [2.05, 4.69) is 41.5 Å². The van der Waals surface area contributed by atoms with Crippen molar-refractivity contribution in [2.24, 2.45) is 91.0 Å². The van der Waals surface area contributed by atoms with E-state index in [-0.39, 0.29) is 23.0 Å². The van der Waals surface area contributed by atoms with Crippen LogP contribution in [-0.2, 0) is 0 Å². The van der Waals surface area contributed by atoms with E-state index in [1.807, 2.05) is 0 Å². The maximum Gasteiger partial charge on any atom is 0.0596 e. The minimum atomic E-state index is -0.0722. The molecule has 0 aromatic rings. The molecule has 44 heavy (non-hydrogen) atoms. The van der Waals surface area contributed by atoms with Crippen molar-refractivity contribution in [3.05, 3.63) is 0 Å². The number of aliphatic hydroxyl groups is 2. The normalized spacial score (nSPS) is 60.2. The van der Waals surface area contributed by atoms with Crippen molar-refractivity contribution in [1.29, 1.82) is 0 Å². The van der Waals surface area contributed by atoms with Crippen molar-refractivity contribution in [2.45, 2.75) is 156 Å². The number of aliphatic hydroxyl groups excluding tert-OH is 2. The van der Waals surface area contributed by atoms with Gasteiger partial charge in [0.05, 0.1) is 12.2 Å². The summed E-state index contributed by atoms with van der Waals surface area (Å²) in [7, 11) is 0. The van der Waals surface area contributed by atoms with Crippen molar-refractivity contribution in [3.8, 4) is 0 Å². The predicted molar refractivity (Wildman–Crippen MR) is 179 cm³/mol. The maximum atomic E-state index is 10.9. The van der Waals surface area contributed by atoms with Gasteiger partial charge in [-0.1, -0.05) is 41.5 Å². The van der Waals surface area contributed by atoms with E-state index >= 15 is 0 Å². The predicted octanol–water partition coefficient (Wildman–Crippen LogP) is 9.08. The summed E-state index contributed by atoms with van der Waals surface area (Å²) >= 11 is 0. The summed E-state index contributed by atoms with van der Waals surface area (Å²) in [5.74, 6) is 7.34. The fraction of sp³-hybridized carbons (Fsp3) is 0.950. The van der Waals surface area contributed by atoms with Crippen LogP contribution in [0.5, 0.6) is 0 Å². The third-order valence-electron chi connectivity index (χ3n) is 17.9. The Labute approximate surface area is 268 Å². The zero-order valence-corrected chi connectivity index (χ0v) is 29.0. The van der Waals surface area contributed by atoms with Crippen molar-refractivity contribution in [3.63, 3.8) is 0 Å². The quantitative estimate of drug-likeness (QED) is 0.293. The minimum Gasteiger partial charge on any atom is -0.393 e. The highest BCUT2D eigenvalue weighted by Crippen LogP contribution is 2.68. The first-order valence-electron chi connectivity index (χ1n) is 19.4. The van der Waals surface area contributed by atoms with Gasteiger partial charge in [0.25, 0.3) is 0 Å². The second-order valence-electron chi connectivity index (χ2n) is 19.4. The van der Waals surface area contributed by atoms with Crippen molar-refractivity contribution in [1.82, 2.24) is 0 Å². The number of rotatable bonds is 1. The lowest BCUT2D eigenvalue weighted by molar-refractivity contribution is -0.116. The van der Waals surface area contributed by atoms with Gasteiger partial charge in [-0.05, 0) is 184 Å². The van der Waals surface area contributed by atoms with Crippen LogP contribution in [0.25, 0.3) is 0 Å². The molecule has 2 N–H and O–H groups in total. The van der Waals surface area contributed by atoms with Crippen LogP contribution in [0.15, 0.2) is 10.2 Å². The molecule has 0 unspecified atom stereocenters. The standard InChI is InChI=1S/C40H64N2O2/c1-23-21-39(5)25(7-9-27-29-11-13-35(43)37(29,3)17-15-31(27)39)19-33(23)41-42-34-20-26-8-10-28-30-12-14-36(44)38(30,4)18-16-32(28)40(26,6)22-24(34)2/h23-32,35-36,43-44H,7-22H2,1-6H3/b41-33-,42-34+/t23-,24-,25+,26+,27+,28+,29+,30+,31+,32+,35+,36+,37+,38+,39+,40+/m1/s1. The molecule has 8 fully saturated rings. The molecule has 8 aliphatic rings. The average molecular weight is 605 g/mol. The van der Waals surface area contributed by atoms with Gasteiger partial charge in [-0.2, -0.15) is 10.2 Å². The van der Waals surface area contributed by atoms with Crippen LogP contribution >= 0.6 is 0 Å². The molecule has 0 aliphatic heterocycles. The van der Waals surface area contributed by atoms with Gasteiger partial charge in [0.2, 0.25) is 0 Å². The van der Waals surface area contributed by atoms with Gasteiger partial charge in [-0.15, -0.1) is 0 Å². The van der Waals surface area contributed by atoms with Gasteiger partial charge >= 0.3 is 0 Å². The van der Waals surface area contributed by atoms with Gasteiger partial charge in [0.15, 0.2) is 0 Å². The number of hydrogen-bond acceptors (Lipinski definition) is 4. The zero-order valence-electron chi connectivity index (χ0n) is 29.0. The molecule has 0 bridgehead atoms. The number of fused-ring (bicyclic) bond motifs is 10. The molecule has 4 heteroatoms. The Hall–Kier alpha value is -0.740. The van der Waals surface area contributed by atoms with E-state index in [0.717, 1.165) is 73.0 Å². The molecular formula is C40H64N2O2. The Morgan fingerprint density at radius 2 is 0.886 bits per heavy atom. The molecule has 0 aromatic heterocycles. The molecule has 246 valence electrons. The summed E-state index contributed by atoms with van der Waals surface area (Å²) in [6.45, 7) is 15.1.